The van der Waals surface area contributed by atoms with Crippen LogP contribution in [0.5, 0.6) is 0 Å². The Bertz CT molecular complexity index is 151. The molecule has 0 aromatic rings. The lowest BCUT2D eigenvalue weighted by atomic mass is 10.2. The van der Waals surface area contributed by atoms with Crippen molar-refractivity contribution >= 4 is 5.78 Å². The van der Waals surface area contributed by atoms with E-state index in [4.69, 9.17) is 0 Å². The molecule has 0 aliphatic carbocycles. The fourth-order valence-electron chi connectivity index (χ4n) is 1.07. The Hall–Kier alpha value is -0.790. The summed E-state index contributed by atoms with van der Waals surface area (Å²) in [5.74, 6) is 0.257. The highest BCUT2D eigenvalue weighted by atomic mass is 16.1. The number of rotatable bonds is 2. The van der Waals surface area contributed by atoms with Crippen molar-refractivity contribution in [3.63, 3.8) is 0 Å². The van der Waals surface area contributed by atoms with E-state index >= 15 is 0 Å². The highest BCUT2D eigenvalue weighted by molar-refractivity contribution is 5.90. The van der Waals surface area contributed by atoms with Crippen molar-refractivity contribution in [3.8, 4) is 0 Å². The summed E-state index contributed by atoms with van der Waals surface area (Å²) in [5, 5.41) is 0. The van der Waals surface area contributed by atoms with Crippen LogP contribution in [0.1, 0.15) is 19.8 Å². The molecule has 0 N–H and O–H groups in total. The molecule has 0 spiro atoms. The van der Waals surface area contributed by atoms with Gasteiger partial charge in [0.2, 0.25) is 0 Å². The number of nitrogens with zero attached hydrogens (tertiary/aromatic N) is 1. The van der Waals surface area contributed by atoms with Gasteiger partial charge in [-0.25, -0.2) is 0 Å². The molecule has 10 heavy (non-hydrogen) atoms. The molecule has 56 valence electrons. The lowest BCUT2D eigenvalue weighted by molar-refractivity contribution is -0.115. The quantitative estimate of drug-likeness (QED) is 0.572. The Morgan fingerprint density at radius 1 is 1.70 bits per heavy atom. The lowest BCUT2D eigenvalue weighted by Gasteiger charge is -2.21. The highest BCUT2D eigenvalue weighted by Gasteiger charge is 2.06. The van der Waals surface area contributed by atoms with Gasteiger partial charge >= 0.3 is 0 Å². The topological polar surface area (TPSA) is 20.3 Å². The van der Waals surface area contributed by atoms with E-state index in [0.717, 1.165) is 19.5 Å². The number of hydrogen-bond acceptors (Lipinski definition) is 2. The van der Waals surface area contributed by atoms with Gasteiger partial charge in [-0.1, -0.05) is 6.92 Å². The van der Waals surface area contributed by atoms with Crippen LogP contribution in [0, 0.1) is 0 Å². The number of carbonyl (C=O) groups excluding carboxylic acids is 1. The van der Waals surface area contributed by atoms with E-state index in [9.17, 15) is 4.79 Å². The van der Waals surface area contributed by atoms with Crippen LogP contribution < -0.4 is 0 Å². The SMILES string of the molecule is CCCN1C=CC(=O)CC1. The molecule has 0 aromatic carbocycles. The van der Waals surface area contributed by atoms with E-state index in [1.54, 1.807) is 6.08 Å². The van der Waals surface area contributed by atoms with Gasteiger partial charge in [0.1, 0.15) is 0 Å². The molecule has 0 atom stereocenters. The summed E-state index contributed by atoms with van der Waals surface area (Å²) in [6, 6.07) is 0. The summed E-state index contributed by atoms with van der Waals surface area (Å²) in [6.07, 6.45) is 5.41. The zero-order valence-electron chi connectivity index (χ0n) is 6.34. The first-order valence-electron chi connectivity index (χ1n) is 3.78. The van der Waals surface area contributed by atoms with Gasteiger partial charge in [-0.2, -0.15) is 0 Å². The summed E-state index contributed by atoms with van der Waals surface area (Å²) >= 11 is 0. The number of allylic oxidation sites excluding steroid dienone is 1. The molecule has 1 aliphatic rings. The van der Waals surface area contributed by atoms with E-state index < -0.39 is 0 Å². The fraction of sp³-hybridized carbons (Fsp3) is 0.625. The van der Waals surface area contributed by atoms with Crippen molar-refractivity contribution in [1.82, 2.24) is 4.90 Å². The van der Waals surface area contributed by atoms with Gasteiger partial charge in [-0.05, 0) is 12.5 Å². The van der Waals surface area contributed by atoms with Crippen molar-refractivity contribution in [2.24, 2.45) is 0 Å². The smallest absolute Gasteiger partial charge is 0.158 e. The van der Waals surface area contributed by atoms with Crippen LogP contribution in [0.25, 0.3) is 0 Å². The van der Waals surface area contributed by atoms with Crippen molar-refractivity contribution in [2.45, 2.75) is 19.8 Å². The molecule has 0 unspecified atom stereocenters. The molecule has 1 aliphatic heterocycles. The third-order valence-corrected chi connectivity index (χ3v) is 1.63. The van der Waals surface area contributed by atoms with E-state index in [2.05, 4.69) is 11.8 Å². The summed E-state index contributed by atoms with van der Waals surface area (Å²) in [5.41, 5.74) is 0. The predicted octanol–water partition coefficient (Wildman–Crippen LogP) is 1.18. The zero-order chi connectivity index (χ0) is 7.40. The standard InChI is InChI=1S/C8H13NO/c1-2-5-9-6-3-8(10)4-7-9/h3,6H,2,4-5,7H2,1H3. The maximum atomic E-state index is 10.7. The molecule has 2 heteroatoms. The minimum absolute atomic E-state index is 0.257. The molecule has 0 radical (unpaired) electrons. The lowest BCUT2D eigenvalue weighted by Crippen LogP contribution is -2.25. The largest absolute Gasteiger partial charge is 0.377 e. The maximum absolute atomic E-state index is 10.7. The average Bonchev–Trinajstić information content (AvgIpc) is 1.95. The Morgan fingerprint density at radius 3 is 3.00 bits per heavy atom. The van der Waals surface area contributed by atoms with Crippen molar-refractivity contribution < 1.29 is 4.79 Å². The molecule has 0 aromatic heterocycles. The van der Waals surface area contributed by atoms with E-state index in [0.29, 0.717) is 6.42 Å². The van der Waals surface area contributed by atoms with E-state index in [1.807, 2.05) is 6.20 Å². The second-order valence-corrected chi connectivity index (χ2v) is 2.57. The summed E-state index contributed by atoms with van der Waals surface area (Å²) in [6.45, 7) is 4.12. The monoisotopic (exact) mass is 139 g/mol. The summed E-state index contributed by atoms with van der Waals surface area (Å²) < 4.78 is 0. The van der Waals surface area contributed by atoms with E-state index in [-0.39, 0.29) is 5.78 Å². The van der Waals surface area contributed by atoms with Crippen molar-refractivity contribution in [2.75, 3.05) is 13.1 Å². The Labute approximate surface area is 61.5 Å². The Morgan fingerprint density at radius 2 is 2.50 bits per heavy atom. The maximum Gasteiger partial charge on any atom is 0.158 e. The summed E-state index contributed by atoms with van der Waals surface area (Å²) in [7, 11) is 0. The highest BCUT2D eigenvalue weighted by Crippen LogP contribution is 2.02. The Kier molecular flexibility index (Phi) is 2.49. The van der Waals surface area contributed by atoms with Crippen molar-refractivity contribution in [1.29, 1.82) is 0 Å². The molecular formula is C8H13NO. The second kappa shape index (κ2) is 3.40. The number of ketones is 1. The first-order chi connectivity index (χ1) is 4.83. The zero-order valence-corrected chi connectivity index (χ0v) is 6.34. The molecule has 1 heterocycles. The van der Waals surface area contributed by atoms with Crippen LogP contribution in [-0.2, 0) is 4.79 Å². The molecule has 1 rings (SSSR count). The minimum atomic E-state index is 0.257. The van der Waals surface area contributed by atoms with Crippen LogP contribution in [0.15, 0.2) is 12.3 Å². The van der Waals surface area contributed by atoms with Gasteiger partial charge in [0.05, 0.1) is 0 Å². The third kappa shape index (κ3) is 1.87. The van der Waals surface area contributed by atoms with Crippen LogP contribution >= 0.6 is 0 Å². The second-order valence-electron chi connectivity index (χ2n) is 2.57. The van der Waals surface area contributed by atoms with Crippen LogP contribution in [0.3, 0.4) is 0 Å². The van der Waals surface area contributed by atoms with Gasteiger partial charge < -0.3 is 4.90 Å². The predicted molar refractivity (Wildman–Crippen MR) is 40.6 cm³/mol. The molecular weight excluding hydrogens is 126 g/mol. The van der Waals surface area contributed by atoms with Crippen molar-refractivity contribution in [3.05, 3.63) is 12.3 Å². The van der Waals surface area contributed by atoms with Gasteiger partial charge in [0.25, 0.3) is 0 Å². The molecule has 0 amide bonds. The molecule has 2 nitrogen and oxygen atoms in total. The third-order valence-electron chi connectivity index (χ3n) is 1.63. The fourth-order valence-corrected chi connectivity index (χ4v) is 1.07. The van der Waals surface area contributed by atoms with Gasteiger partial charge in [-0.3, -0.25) is 4.79 Å². The van der Waals surface area contributed by atoms with Crippen LogP contribution in [0.4, 0.5) is 0 Å². The van der Waals surface area contributed by atoms with Gasteiger partial charge in [0.15, 0.2) is 5.78 Å². The van der Waals surface area contributed by atoms with Crippen LogP contribution in [-0.4, -0.2) is 23.8 Å². The van der Waals surface area contributed by atoms with Gasteiger partial charge in [-0.15, -0.1) is 0 Å². The normalized spacial score (nSPS) is 18.1. The minimum Gasteiger partial charge on any atom is -0.377 e. The van der Waals surface area contributed by atoms with Crippen LogP contribution in [0.2, 0.25) is 0 Å². The summed E-state index contributed by atoms with van der Waals surface area (Å²) in [4.78, 5) is 12.9. The van der Waals surface area contributed by atoms with E-state index in [1.165, 1.54) is 0 Å². The first-order valence-corrected chi connectivity index (χ1v) is 3.78. The molecule has 0 saturated carbocycles. The molecule has 0 bridgehead atoms. The molecule has 0 saturated heterocycles. The molecule has 0 fully saturated rings. The first kappa shape index (κ1) is 7.32. The average molecular weight is 139 g/mol. The number of hydrogen-bond donors (Lipinski definition) is 0. The Balaban J connectivity index is 2.37. The van der Waals surface area contributed by atoms with Gasteiger partial charge in [0, 0.05) is 25.7 Å². The number of carbonyl (C=O) groups is 1.